The summed E-state index contributed by atoms with van der Waals surface area (Å²) in [4.78, 5) is 50.4. The van der Waals surface area contributed by atoms with Crippen molar-refractivity contribution in [1.82, 2.24) is 30.2 Å². The molecule has 0 unspecified atom stereocenters. The largest absolute Gasteiger partial charge is 0.369 e. The number of nitrogens with one attached hydrogen (secondary N) is 3. The van der Waals surface area contributed by atoms with Crippen molar-refractivity contribution in [3.8, 4) is 21.8 Å². The van der Waals surface area contributed by atoms with Crippen molar-refractivity contribution in [1.29, 1.82) is 0 Å². The number of carbonyl (C=O) groups excluding carboxylic acids is 2. The maximum Gasteiger partial charge on any atom is 0.234 e. The van der Waals surface area contributed by atoms with Gasteiger partial charge in [-0.1, -0.05) is 26.0 Å². The Morgan fingerprint density at radius 2 is 1.70 bits per heavy atom. The van der Waals surface area contributed by atoms with E-state index in [1.165, 1.54) is 17.4 Å². The van der Waals surface area contributed by atoms with Crippen LogP contribution in [0.1, 0.15) is 62.4 Å². The Morgan fingerprint density at radius 3 is 2.41 bits per heavy atom. The topological polar surface area (TPSA) is 166 Å². The molecule has 3 N–H and O–H groups in total. The molecule has 2 aromatic carbocycles. The number of anilines is 5. The van der Waals surface area contributed by atoms with Crippen molar-refractivity contribution in [2.45, 2.75) is 58.8 Å². The minimum absolute atomic E-state index is 0.106. The summed E-state index contributed by atoms with van der Waals surface area (Å²) in [6, 6.07) is 18.6. The third-order valence-corrected chi connectivity index (χ3v) is 14.3. The van der Waals surface area contributed by atoms with Gasteiger partial charge in [0.05, 0.1) is 38.6 Å². The molecule has 0 spiro atoms. The second-order valence-electron chi connectivity index (χ2n) is 16.5. The predicted molar refractivity (Wildman–Crippen MR) is 238 cm³/mol. The second-order valence-corrected chi connectivity index (χ2v) is 19.5. The van der Waals surface area contributed by atoms with Crippen LogP contribution in [0.2, 0.25) is 0 Å². The highest BCUT2D eigenvalue weighted by Crippen LogP contribution is 2.39. The Balaban J connectivity index is 0.836. The molecule has 14 nitrogen and oxygen atoms in total. The maximum atomic E-state index is 15.8. The molecule has 3 saturated heterocycles. The van der Waals surface area contributed by atoms with Gasteiger partial charge in [-0.2, -0.15) is 0 Å². The minimum atomic E-state index is -3.69. The third-order valence-electron chi connectivity index (χ3n) is 11.8. The number of halogens is 1. The molecule has 5 aromatic rings. The van der Waals surface area contributed by atoms with E-state index in [0.29, 0.717) is 46.5 Å². The summed E-state index contributed by atoms with van der Waals surface area (Å²) in [6.07, 6.45) is 6.89. The van der Waals surface area contributed by atoms with E-state index in [1.54, 1.807) is 37.5 Å². The summed E-state index contributed by atoms with van der Waals surface area (Å²) in [5.74, 6) is -0.244. The Labute approximate surface area is 360 Å². The van der Waals surface area contributed by atoms with E-state index in [0.717, 1.165) is 81.4 Å². The molecule has 3 fully saturated rings. The van der Waals surface area contributed by atoms with Crippen LogP contribution >= 0.6 is 11.3 Å². The number of piperidine rings is 2. The molecule has 1 atom stereocenters. The predicted octanol–water partition coefficient (Wildman–Crippen LogP) is 6.95. The number of sulfonamides is 1. The summed E-state index contributed by atoms with van der Waals surface area (Å²) in [5, 5.41) is 6.46. The zero-order valence-corrected chi connectivity index (χ0v) is 36.3. The van der Waals surface area contributed by atoms with E-state index in [9.17, 15) is 18.0 Å². The van der Waals surface area contributed by atoms with E-state index in [1.807, 2.05) is 31.2 Å². The fraction of sp³-hybridized carbons (Fsp3) is 0.409. The van der Waals surface area contributed by atoms with Crippen molar-refractivity contribution in [2.24, 2.45) is 5.41 Å². The molecular weight excluding hydrogens is 816 g/mol. The molecule has 61 heavy (non-hydrogen) atoms. The number of carbonyl (C=O) groups is 2. The highest BCUT2D eigenvalue weighted by Gasteiger charge is 2.34. The first-order chi connectivity index (χ1) is 29.3. The number of aryl methyl sites for hydroxylation is 1. The van der Waals surface area contributed by atoms with Crippen LogP contribution < -0.4 is 25.2 Å². The van der Waals surface area contributed by atoms with Crippen molar-refractivity contribution in [2.75, 3.05) is 71.4 Å². The molecular formula is C44H51FN10O4S2. The van der Waals surface area contributed by atoms with E-state index in [2.05, 4.69) is 59.1 Å². The zero-order chi connectivity index (χ0) is 42.7. The molecule has 0 aliphatic carbocycles. The lowest BCUT2D eigenvalue weighted by molar-refractivity contribution is -0.134. The molecule has 8 rings (SSSR count). The first-order valence-corrected chi connectivity index (χ1v) is 23.3. The lowest BCUT2D eigenvalue weighted by Gasteiger charge is -2.45. The van der Waals surface area contributed by atoms with Gasteiger partial charge in [0.1, 0.15) is 5.82 Å². The number of pyridine rings is 1. The van der Waals surface area contributed by atoms with Gasteiger partial charge in [0.2, 0.25) is 27.8 Å². The van der Waals surface area contributed by atoms with Crippen LogP contribution in [-0.4, -0.2) is 96.6 Å². The number of hydrogen-bond acceptors (Lipinski definition) is 13. The standard InChI is InChI=1S/C44H51FN10O4S2/c1-4-26-61(58,59)52-35-7-5-6-34(39(35)45)40-41(60-29(2)48-40)36-16-19-46-43(50-36)49-31-9-11-32(12-10-31)54-24-22-53(23-25-54)28-44(3)17-20-55(21-18-44)37-14-8-30(27-47-37)33-13-15-38(56)51-42(33)57/h5-12,14,16,19,27,33,52H,4,13,15,17-18,20-26,28H2,1-3H3,(H,46,49,50)(H,51,56,57)/t33-/m1/s1. The quantitative estimate of drug-likeness (QED) is 0.105. The van der Waals surface area contributed by atoms with Crippen molar-refractivity contribution in [3.63, 3.8) is 0 Å². The SMILES string of the molecule is CCCS(=O)(=O)Nc1cccc(-c2nc(C)sc2-c2ccnc(Nc3ccc(N4CCN(CC5(C)CCN(c6ccc([C@H]7CCC(=O)NC7=O)cn6)CC5)CC4)cc3)n2)c1F. The van der Waals surface area contributed by atoms with Crippen LogP contribution in [0.3, 0.4) is 0 Å². The number of nitrogens with zero attached hydrogens (tertiary/aromatic N) is 7. The van der Waals surface area contributed by atoms with Gasteiger partial charge in [-0.25, -0.2) is 32.7 Å². The van der Waals surface area contributed by atoms with Gasteiger partial charge in [-0.3, -0.25) is 24.5 Å². The Morgan fingerprint density at radius 1 is 0.934 bits per heavy atom. The fourth-order valence-corrected chi connectivity index (χ4v) is 10.5. The number of thiazole rings is 1. The van der Waals surface area contributed by atoms with Gasteiger partial charge in [0, 0.05) is 81.6 Å². The van der Waals surface area contributed by atoms with Gasteiger partial charge in [-0.05, 0) is 92.1 Å². The smallest absolute Gasteiger partial charge is 0.234 e. The molecule has 2 amide bonds. The maximum absolute atomic E-state index is 15.8. The number of rotatable bonds is 13. The Kier molecular flexibility index (Phi) is 12.3. The Hall–Kier alpha value is -5.52. The van der Waals surface area contributed by atoms with Gasteiger partial charge in [-0.15, -0.1) is 11.3 Å². The molecule has 17 heteroatoms. The van der Waals surface area contributed by atoms with E-state index in [4.69, 9.17) is 9.97 Å². The molecule has 3 aliphatic heterocycles. The third kappa shape index (κ3) is 9.84. The first kappa shape index (κ1) is 42.2. The van der Waals surface area contributed by atoms with Crippen LogP contribution in [0.4, 0.5) is 33.2 Å². The highest BCUT2D eigenvalue weighted by atomic mass is 32.2. The summed E-state index contributed by atoms with van der Waals surface area (Å²) < 4.78 is 43.0. The summed E-state index contributed by atoms with van der Waals surface area (Å²) >= 11 is 1.38. The van der Waals surface area contributed by atoms with Crippen LogP contribution in [0, 0.1) is 18.2 Å². The number of aromatic nitrogens is 4. The molecule has 0 saturated carbocycles. The molecule has 320 valence electrons. The van der Waals surface area contributed by atoms with E-state index >= 15 is 4.39 Å². The van der Waals surface area contributed by atoms with Gasteiger partial charge >= 0.3 is 0 Å². The van der Waals surface area contributed by atoms with Crippen molar-refractivity contribution >= 4 is 62.0 Å². The highest BCUT2D eigenvalue weighted by molar-refractivity contribution is 7.92. The van der Waals surface area contributed by atoms with Crippen molar-refractivity contribution in [3.05, 3.63) is 89.4 Å². The van der Waals surface area contributed by atoms with Crippen molar-refractivity contribution < 1.29 is 22.4 Å². The van der Waals surface area contributed by atoms with Crippen LogP contribution in [0.15, 0.2) is 73.1 Å². The summed E-state index contributed by atoms with van der Waals surface area (Å²) in [5.41, 5.74) is 4.08. The molecule has 3 aliphatic rings. The van der Waals surface area contributed by atoms with Gasteiger partial charge in [0.25, 0.3) is 0 Å². The monoisotopic (exact) mass is 866 g/mol. The second kappa shape index (κ2) is 17.8. The average molecular weight is 867 g/mol. The Bertz CT molecular complexity index is 2480. The van der Waals surface area contributed by atoms with E-state index in [-0.39, 0.29) is 40.2 Å². The molecule has 0 bridgehead atoms. The first-order valence-electron chi connectivity index (χ1n) is 20.8. The summed E-state index contributed by atoms with van der Waals surface area (Å²) in [6.45, 7) is 12.8. The summed E-state index contributed by atoms with van der Waals surface area (Å²) in [7, 11) is -3.69. The van der Waals surface area contributed by atoms with Crippen LogP contribution in [-0.2, 0) is 19.6 Å². The number of piperazine rings is 1. The molecule has 3 aromatic heterocycles. The van der Waals surface area contributed by atoms with Gasteiger partial charge in [0.15, 0.2) is 5.82 Å². The normalized spacial score (nSPS) is 18.5. The van der Waals surface area contributed by atoms with E-state index < -0.39 is 15.8 Å². The average Bonchev–Trinajstić information content (AvgIpc) is 3.64. The number of amides is 2. The van der Waals surface area contributed by atoms with Crippen LogP contribution in [0.25, 0.3) is 21.8 Å². The number of benzene rings is 2. The number of hydrogen-bond donors (Lipinski definition) is 3. The zero-order valence-electron chi connectivity index (χ0n) is 34.7. The lowest BCUT2D eigenvalue weighted by Crippen LogP contribution is -2.51. The molecule has 6 heterocycles. The lowest BCUT2D eigenvalue weighted by atomic mass is 9.79. The molecule has 0 radical (unpaired) electrons. The minimum Gasteiger partial charge on any atom is -0.369 e. The van der Waals surface area contributed by atoms with Gasteiger partial charge < -0.3 is 15.1 Å². The van der Waals surface area contributed by atoms with Crippen LogP contribution in [0.5, 0.6) is 0 Å². The number of imide groups is 1. The fourth-order valence-electron chi connectivity index (χ4n) is 8.43.